The van der Waals surface area contributed by atoms with Crippen LogP contribution in [0.2, 0.25) is 0 Å². The number of alkyl halides is 3. The number of halogens is 3. The van der Waals surface area contributed by atoms with Gasteiger partial charge in [-0.3, -0.25) is 4.90 Å². The lowest BCUT2D eigenvalue weighted by Crippen LogP contribution is -2.50. The van der Waals surface area contributed by atoms with Gasteiger partial charge >= 0.3 is 6.18 Å². The monoisotopic (exact) mass is 265 g/mol. The van der Waals surface area contributed by atoms with E-state index in [-0.39, 0.29) is 0 Å². The first kappa shape index (κ1) is 14.1. The van der Waals surface area contributed by atoms with Crippen molar-refractivity contribution in [2.75, 3.05) is 52.4 Å². The highest BCUT2D eigenvalue weighted by Crippen LogP contribution is 2.20. The van der Waals surface area contributed by atoms with Crippen LogP contribution in [0.15, 0.2) is 0 Å². The fraction of sp³-hybridized carbons (Fsp3) is 1.00. The van der Waals surface area contributed by atoms with E-state index in [1.54, 1.807) is 0 Å². The van der Waals surface area contributed by atoms with E-state index >= 15 is 0 Å². The molecule has 2 rings (SSSR count). The maximum Gasteiger partial charge on any atom is 0.401 e. The van der Waals surface area contributed by atoms with Gasteiger partial charge in [-0.25, -0.2) is 0 Å². The van der Waals surface area contributed by atoms with Crippen LogP contribution in [0.25, 0.3) is 0 Å². The number of hydrogen-bond acceptors (Lipinski definition) is 3. The number of hydrogen-bond donors (Lipinski definition) is 1. The summed E-state index contributed by atoms with van der Waals surface area (Å²) in [6, 6.07) is 0. The quantitative estimate of drug-likeness (QED) is 0.822. The van der Waals surface area contributed by atoms with Crippen molar-refractivity contribution in [3.05, 3.63) is 0 Å². The van der Waals surface area contributed by atoms with Crippen molar-refractivity contribution in [3.63, 3.8) is 0 Å². The second-order valence-corrected chi connectivity index (χ2v) is 5.59. The Morgan fingerprint density at radius 2 is 1.67 bits per heavy atom. The molecule has 0 bridgehead atoms. The van der Waals surface area contributed by atoms with Crippen LogP contribution < -0.4 is 5.32 Å². The van der Waals surface area contributed by atoms with Crippen LogP contribution in [0.5, 0.6) is 0 Å². The van der Waals surface area contributed by atoms with Gasteiger partial charge in [-0.1, -0.05) is 6.92 Å². The van der Waals surface area contributed by atoms with Crippen LogP contribution in [-0.2, 0) is 0 Å². The molecule has 2 fully saturated rings. The zero-order valence-corrected chi connectivity index (χ0v) is 10.8. The lowest BCUT2D eigenvalue weighted by molar-refractivity contribution is -0.149. The Morgan fingerprint density at radius 1 is 1.06 bits per heavy atom. The summed E-state index contributed by atoms with van der Waals surface area (Å²) in [5.74, 6) is 1.33. The first-order valence-electron chi connectivity index (χ1n) is 6.66. The van der Waals surface area contributed by atoms with Crippen LogP contribution in [0.1, 0.15) is 6.92 Å². The van der Waals surface area contributed by atoms with Gasteiger partial charge in [0.2, 0.25) is 0 Å². The zero-order chi connectivity index (χ0) is 13.2. The fourth-order valence-corrected chi connectivity index (χ4v) is 2.82. The molecule has 0 aromatic rings. The van der Waals surface area contributed by atoms with Gasteiger partial charge in [-0.15, -0.1) is 0 Å². The maximum atomic E-state index is 12.3. The van der Waals surface area contributed by atoms with E-state index in [0.29, 0.717) is 24.9 Å². The van der Waals surface area contributed by atoms with Crippen molar-refractivity contribution in [1.29, 1.82) is 0 Å². The molecule has 0 amide bonds. The molecule has 0 aliphatic carbocycles. The van der Waals surface area contributed by atoms with Crippen LogP contribution in [0, 0.1) is 11.8 Å². The molecule has 6 heteroatoms. The van der Waals surface area contributed by atoms with E-state index in [9.17, 15) is 13.2 Å². The number of nitrogens with one attached hydrogen (secondary N) is 1. The van der Waals surface area contributed by atoms with Crippen molar-refractivity contribution in [2.45, 2.75) is 13.1 Å². The summed E-state index contributed by atoms with van der Waals surface area (Å²) in [7, 11) is 0. The average molecular weight is 265 g/mol. The summed E-state index contributed by atoms with van der Waals surface area (Å²) in [6.07, 6.45) is -4.06. The lowest BCUT2D eigenvalue weighted by Gasteiger charge is -2.36. The van der Waals surface area contributed by atoms with Crippen molar-refractivity contribution in [3.8, 4) is 0 Å². The molecule has 1 N–H and O–H groups in total. The second-order valence-electron chi connectivity index (χ2n) is 5.59. The standard InChI is InChI=1S/C12H22F3N3/c1-10-6-16-7-11(10)8-17-2-4-18(5-3-17)9-12(13,14)15/h10-11,16H,2-9H2,1H3/t10-,11+/m1/s1. The van der Waals surface area contributed by atoms with E-state index < -0.39 is 12.7 Å². The molecule has 106 valence electrons. The molecule has 2 aliphatic heterocycles. The lowest BCUT2D eigenvalue weighted by atomic mass is 9.97. The molecule has 0 saturated carbocycles. The van der Waals surface area contributed by atoms with Crippen molar-refractivity contribution in [1.82, 2.24) is 15.1 Å². The Balaban J connectivity index is 1.70. The Labute approximate surface area is 106 Å². The maximum absolute atomic E-state index is 12.3. The van der Waals surface area contributed by atoms with Crippen LogP contribution in [0.4, 0.5) is 13.2 Å². The molecule has 0 aromatic carbocycles. The van der Waals surface area contributed by atoms with Crippen molar-refractivity contribution < 1.29 is 13.2 Å². The zero-order valence-electron chi connectivity index (χ0n) is 10.8. The molecular weight excluding hydrogens is 243 g/mol. The molecule has 0 aromatic heterocycles. The van der Waals surface area contributed by atoms with Gasteiger partial charge in [0.25, 0.3) is 0 Å². The minimum atomic E-state index is -4.06. The first-order chi connectivity index (χ1) is 8.44. The largest absolute Gasteiger partial charge is 0.401 e. The number of piperazine rings is 1. The summed E-state index contributed by atoms with van der Waals surface area (Å²) >= 11 is 0. The number of rotatable bonds is 3. The summed E-state index contributed by atoms with van der Waals surface area (Å²) in [6.45, 7) is 7.21. The molecule has 2 aliphatic rings. The van der Waals surface area contributed by atoms with Gasteiger partial charge in [0.1, 0.15) is 0 Å². The highest BCUT2D eigenvalue weighted by Gasteiger charge is 2.33. The normalized spacial score (nSPS) is 32.0. The molecule has 0 unspecified atom stereocenters. The first-order valence-corrected chi connectivity index (χ1v) is 6.66. The average Bonchev–Trinajstić information content (AvgIpc) is 2.65. The van der Waals surface area contributed by atoms with E-state index in [2.05, 4.69) is 17.1 Å². The van der Waals surface area contributed by atoms with Crippen molar-refractivity contribution >= 4 is 0 Å². The van der Waals surface area contributed by atoms with Gasteiger partial charge in [0, 0.05) is 32.7 Å². The minimum Gasteiger partial charge on any atom is -0.316 e. The Bertz CT molecular complexity index is 262. The summed E-state index contributed by atoms with van der Waals surface area (Å²) in [5.41, 5.74) is 0. The summed E-state index contributed by atoms with van der Waals surface area (Å²) in [5, 5.41) is 3.37. The molecule has 0 spiro atoms. The Kier molecular flexibility index (Phi) is 4.50. The number of nitrogens with zero attached hydrogens (tertiary/aromatic N) is 2. The SMILES string of the molecule is C[C@@H]1CNC[C@H]1CN1CCN(CC(F)(F)F)CC1. The summed E-state index contributed by atoms with van der Waals surface area (Å²) < 4.78 is 36.8. The third kappa shape index (κ3) is 4.10. The van der Waals surface area contributed by atoms with Crippen LogP contribution >= 0.6 is 0 Å². The van der Waals surface area contributed by atoms with E-state index in [4.69, 9.17) is 0 Å². The minimum absolute atomic E-state index is 0.536. The van der Waals surface area contributed by atoms with E-state index in [1.807, 2.05) is 0 Å². The molecule has 2 saturated heterocycles. The Hall–Kier alpha value is -0.330. The predicted octanol–water partition coefficient (Wildman–Crippen LogP) is 1.02. The Morgan fingerprint density at radius 3 is 2.17 bits per heavy atom. The smallest absolute Gasteiger partial charge is 0.316 e. The molecular formula is C12H22F3N3. The molecule has 2 atom stereocenters. The van der Waals surface area contributed by atoms with Crippen LogP contribution in [0.3, 0.4) is 0 Å². The van der Waals surface area contributed by atoms with Crippen molar-refractivity contribution in [2.24, 2.45) is 11.8 Å². The van der Waals surface area contributed by atoms with Gasteiger partial charge in [-0.2, -0.15) is 13.2 Å². The predicted molar refractivity (Wildman–Crippen MR) is 64.5 cm³/mol. The third-order valence-corrected chi connectivity index (χ3v) is 4.04. The second kappa shape index (κ2) is 5.75. The topological polar surface area (TPSA) is 18.5 Å². The molecule has 2 heterocycles. The molecule has 18 heavy (non-hydrogen) atoms. The molecule has 0 radical (unpaired) electrons. The van der Waals surface area contributed by atoms with Gasteiger partial charge in [-0.05, 0) is 24.9 Å². The van der Waals surface area contributed by atoms with Gasteiger partial charge in [0.05, 0.1) is 6.54 Å². The summed E-state index contributed by atoms with van der Waals surface area (Å²) in [4.78, 5) is 3.81. The van der Waals surface area contributed by atoms with Gasteiger partial charge < -0.3 is 10.2 Å². The van der Waals surface area contributed by atoms with E-state index in [1.165, 1.54) is 4.90 Å². The highest BCUT2D eigenvalue weighted by molar-refractivity contribution is 4.83. The highest BCUT2D eigenvalue weighted by atomic mass is 19.4. The van der Waals surface area contributed by atoms with Gasteiger partial charge in [0.15, 0.2) is 0 Å². The van der Waals surface area contributed by atoms with Crippen LogP contribution in [-0.4, -0.2) is 68.3 Å². The third-order valence-electron chi connectivity index (χ3n) is 4.04. The molecule has 3 nitrogen and oxygen atoms in total. The van der Waals surface area contributed by atoms with E-state index in [0.717, 1.165) is 32.7 Å². The fourth-order valence-electron chi connectivity index (χ4n) is 2.82.